The van der Waals surface area contributed by atoms with Crippen LogP contribution in [0.25, 0.3) is 11.3 Å². The van der Waals surface area contributed by atoms with Gasteiger partial charge in [-0.25, -0.2) is 8.42 Å². The molecule has 0 spiro atoms. The molecular weight excluding hydrogens is 395 g/mol. The van der Waals surface area contributed by atoms with Gasteiger partial charge in [-0.05, 0) is 29.8 Å². The van der Waals surface area contributed by atoms with Gasteiger partial charge in [-0.15, -0.1) is 0 Å². The van der Waals surface area contributed by atoms with Gasteiger partial charge < -0.3 is 0 Å². The van der Waals surface area contributed by atoms with Crippen molar-refractivity contribution >= 4 is 38.8 Å². The fourth-order valence-corrected chi connectivity index (χ4v) is 4.55. The summed E-state index contributed by atoms with van der Waals surface area (Å²) in [6.07, 6.45) is 0. The van der Waals surface area contributed by atoms with E-state index in [2.05, 4.69) is 5.10 Å². The van der Waals surface area contributed by atoms with Crippen LogP contribution in [-0.2, 0) is 16.9 Å². The minimum Gasteiger partial charge on any atom is -0.291 e. The van der Waals surface area contributed by atoms with Crippen LogP contribution < -0.4 is 0 Å². The monoisotopic (exact) mass is 408 g/mol. The number of halogens is 2. The molecule has 0 unspecified atom stereocenters. The Kier molecular flexibility index (Phi) is 5.18. The number of Topliss-reactive ketones (excluding diaryl/α,β-unsaturated/α-hetero) is 1. The number of ketones is 1. The van der Waals surface area contributed by atoms with Crippen LogP contribution in [0, 0.1) is 0 Å². The summed E-state index contributed by atoms with van der Waals surface area (Å²) in [5.74, 6) is -1.35. The van der Waals surface area contributed by atoms with E-state index in [4.69, 9.17) is 23.2 Å². The average molecular weight is 409 g/mol. The number of carbonyl (C=O) groups excluding carboxylic acids is 1. The smallest absolute Gasteiger partial charge is 0.198 e. The first-order chi connectivity index (χ1) is 12.3. The maximum atomic E-state index is 12.6. The van der Waals surface area contributed by atoms with Crippen molar-refractivity contribution in [2.24, 2.45) is 7.05 Å². The molecule has 0 fully saturated rings. The van der Waals surface area contributed by atoms with Crippen LogP contribution in [0.1, 0.15) is 10.5 Å². The van der Waals surface area contributed by atoms with Crippen molar-refractivity contribution in [2.75, 3.05) is 5.75 Å². The van der Waals surface area contributed by atoms with Crippen LogP contribution in [-0.4, -0.2) is 29.7 Å². The fraction of sp³-hybridized carbons (Fsp3) is 0.111. The Morgan fingerprint density at radius 2 is 1.77 bits per heavy atom. The number of nitrogens with zero attached hydrogens (tertiary/aromatic N) is 2. The predicted molar refractivity (Wildman–Crippen MR) is 101 cm³/mol. The summed E-state index contributed by atoms with van der Waals surface area (Å²) in [5, 5.41) is 4.40. The second kappa shape index (κ2) is 7.23. The summed E-state index contributed by atoms with van der Waals surface area (Å²) >= 11 is 11.8. The molecule has 0 bridgehead atoms. The zero-order valence-electron chi connectivity index (χ0n) is 13.7. The van der Waals surface area contributed by atoms with Gasteiger partial charge >= 0.3 is 0 Å². The molecule has 1 aromatic heterocycles. The summed E-state index contributed by atoms with van der Waals surface area (Å²) < 4.78 is 26.6. The SMILES string of the molecule is Cn1nc(C(=O)CS(=O)(=O)c2cc(Cl)ccc2Cl)cc1-c1ccccc1. The molecule has 0 amide bonds. The van der Waals surface area contributed by atoms with Crippen LogP contribution in [0.3, 0.4) is 0 Å². The number of aryl methyl sites for hydroxylation is 1. The van der Waals surface area contributed by atoms with Crippen LogP contribution in [0.2, 0.25) is 10.0 Å². The Morgan fingerprint density at radius 1 is 1.08 bits per heavy atom. The van der Waals surface area contributed by atoms with Crippen LogP contribution in [0.15, 0.2) is 59.5 Å². The quantitative estimate of drug-likeness (QED) is 0.597. The molecule has 0 saturated heterocycles. The van der Waals surface area contributed by atoms with Crippen LogP contribution >= 0.6 is 23.2 Å². The van der Waals surface area contributed by atoms with E-state index in [0.717, 1.165) is 5.56 Å². The summed E-state index contributed by atoms with van der Waals surface area (Å²) in [4.78, 5) is 12.3. The maximum absolute atomic E-state index is 12.6. The zero-order chi connectivity index (χ0) is 18.9. The highest BCUT2D eigenvalue weighted by atomic mass is 35.5. The van der Waals surface area contributed by atoms with Crippen molar-refractivity contribution in [3.8, 4) is 11.3 Å². The molecule has 0 atom stereocenters. The lowest BCUT2D eigenvalue weighted by Crippen LogP contribution is -2.17. The van der Waals surface area contributed by atoms with Gasteiger partial charge in [0.15, 0.2) is 15.6 Å². The van der Waals surface area contributed by atoms with Gasteiger partial charge in [0.25, 0.3) is 0 Å². The normalized spacial score (nSPS) is 11.5. The zero-order valence-corrected chi connectivity index (χ0v) is 16.0. The second-order valence-electron chi connectivity index (χ2n) is 5.66. The highest BCUT2D eigenvalue weighted by molar-refractivity contribution is 7.92. The predicted octanol–water partition coefficient (Wildman–Crippen LogP) is 4.05. The molecule has 0 saturated carbocycles. The molecule has 0 N–H and O–H groups in total. The first kappa shape index (κ1) is 18.6. The van der Waals surface area contributed by atoms with Gasteiger partial charge in [-0.3, -0.25) is 9.48 Å². The molecule has 0 aliphatic carbocycles. The Labute approximate surface area is 161 Å². The third-order valence-electron chi connectivity index (χ3n) is 3.78. The van der Waals surface area contributed by atoms with E-state index in [-0.39, 0.29) is 20.6 Å². The number of rotatable bonds is 5. The molecule has 134 valence electrons. The first-order valence-corrected chi connectivity index (χ1v) is 9.99. The van der Waals surface area contributed by atoms with E-state index in [0.29, 0.717) is 5.69 Å². The van der Waals surface area contributed by atoms with Crippen molar-refractivity contribution in [2.45, 2.75) is 4.90 Å². The highest BCUT2D eigenvalue weighted by Gasteiger charge is 2.25. The Balaban J connectivity index is 1.90. The van der Waals surface area contributed by atoms with Crippen molar-refractivity contribution in [1.29, 1.82) is 0 Å². The largest absolute Gasteiger partial charge is 0.291 e. The standard InChI is InChI=1S/C18H14Cl2N2O3S/c1-22-16(12-5-3-2-4-6-12)10-15(21-22)17(23)11-26(24,25)18-9-13(19)7-8-14(18)20/h2-10H,11H2,1H3. The summed E-state index contributed by atoms with van der Waals surface area (Å²) in [6.45, 7) is 0. The van der Waals surface area contributed by atoms with E-state index in [1.165, 1.54) is 18.2 Å². The minimum absolute atomic E-state index is 0.0215. The number of hydrogen-bond donors (Lipinski definition) is 0. The second-order valence-corrected chi connectivity index (χ2v) is 8.46. The number of sulfone groups is 1. The van der Waals surface area contributed by atoms with Gasteiger partial charge in [0, 0.05) is 12.1 Å². The highest BCUT2D eigenvalue weighted by Crippen LogP contribution is 2.27. The topological polar surface area (TPSA) is 69.0 Å². The number of hydrogen-bond acceptors (Lipinski definition) is 4. The Bertz CT molecular complexity index is 1080. The summed E-state index contributed by atoms with van der Waals surface area (Å²) in [7, 11) is -2.25. The van der Waals surface area contributed by atoms with E-state index >= 15 is 0 Å². The maximum Gasteiger partial charge on any atom is 0.198 e. The molecular formula is C18H14Cl2N2O3S. The minimum atomic E-state index is -3.94. The fourth-order valence-electron chi connectivity index (χ4n) is 2.52. The molecule has 0 aliphatic rings. The molecule has 3 aromatic rings. The van der Waals surface area contributed by atoms with Gasteiger partial charge in [0.1, 0.15) is 11.4 Å². The molecule has 0 radical (unpaired) electrons. The molecule has 26 heavy (non-hydrogen) atoms. The van der Waals surface area contributed by atoms with Crippen molar-refractivity contribution in [1.82, 2.24) is 9.78 Å². The Hall–Kier alpha value is -2.15. The van der Waals surface area contributed by atoms with E-state index in [1.807, 2.05) is 30.3 Å². The molecule has 5 nitrogen and oxygen atoms in total. The van der Waals surface area contributed by atoms with Crippen molar-refractivity contribution < 1.29 is 13.2 Å². The molecule has 2 aromatic carbocycles. The summed E-state index contributed by atoms with van der Waals surface area (Å²) in [6, 6.07) is 15.1. The third kappa shape index (κ3) is 3.82. The van der Waals surface area contributed by atoms with Gasteiger partial charge in [0.05, 0.1) is 15.6 Å². The van der Waals surface area contributed by atoms with E-state index in [1.54, 1.807) is 17.8 Å². The van der Waals surface area contributed by atoms with Gasteiger partial charge in [-0.1, -0.05) is 53.5 Å². The molecule has 8 heteroatoms. The van der Waals surface area contributed by atoms with Gasteiger partial charge in [-0.2, -0.15) is 5.10 Å². The van der Waals surface area contributed by atoms with E-state index in [9.17, 15) is 13.2 Å². The number of carbonyl (C=O) groups is 1. The summed E-state index contributed by atoms with van der Waals surface area (Å²) in [5.41, 5.74) is 1.67. The molecule has 1 heterocycles. The molecule has 0 aliphatic heterocycles. The first-order valence-electron chi connectivity index (χ1n) is 7.58. The third-order valence-corrected chi connectivity index (χ3v) is 6.11. The van der Waals surface area contributed by atoms with Crippen LogP contribution in [0.4, 0.5) is 0 Å². The average Bonchev–Trinajstić information content (AvgIpc) is 2.99. The lowest BCUT2D eigenvalue weighted by molar-refractivity contribution is 0.101. The number of benzene rings is 2. The van der Waals surface area contributed by atoms with E-state index < -0.39 is 21.4 Å². The van der Waals surface area contributed by atoms with Crippen molar-refractivity contribution in [3.05, 3.63) is 70.3 Å². The lowest BCUT2D eigenvalue weighted by Gasteiger charge is -2.05. The Morgan fingerprint density at radius 3 is 2.46 bits per heavy atom. The van der Waals surface area contributed by atoms with Crippen LogP contribution in [0.5, 0.6) is 0 Å². The number of aromatic nitrogens is 2. The molecule has 3 rings (SSSR count). The van der Waals surface area contributed by atoms with Crippen molar-refractivity contribution in [3.63, 3.8) is 0 Å². The lowest BCUT2D eigenvalue weighted by atomic mass is 10.1. The van der Waals surface area contributed by atoms with Gasteiger partial charge in [0.2, 0.25) is 0 Å².